The lowest BCUT2D eigenvalue weighted by molar-refractivity contribution is -0.158. The lowest BCUT2D eigenvalue weighted by atomic mass is 9.62. The number of carbonyl (C=O) groups is 3. The highest BCUT2D eigenvalue weighted by molar-refractivity contribution is 5.99. The number of aromatic nitrogens is 3. The van der Waals surface area contributed by atoms with Crippen LogP contribution in [0.5, 0.6) is 0 Å². The Kier molecular flexibility index (Phi) is 9.58. The van der Waals surface area contributed by atoms with Crippen molar-refractivity contribution in [3.8, 4) is 0 Å². The molecule has 3 unspecified atom stereocenters. The molecule has 11 heteroatoms. The summed E-state index contributed by atoms with van der Waals surface area (Å²) in [5.74, 6) is -2.90. The third kappa shape index (κ3) is 5.81. The molecule has 4 aromatic rings. The van der Waals surface area contributed by atoms with Crippen molar-refractivity contribution in [3.63, 3.8) is 0 Å². The molecule has 2 bridgehead atoms. The van der Waals surface area contributed by atoms with E-state index < -0.39 is 35.1 Å². The number of benzene rings is 3. The molecule has 3 amide bonds. The van der Waals surface area contributed by atoms with Gasteiger partial charge in [-0.1, -0.05) is 97.1 Å². The van der Waals surface area contributed by atoms with Crippen LogP contribution in [-0.2, 0) is 38.8 Å². The number of fused-ring (bicyclic) bond motifs is 2. The molecule has 3 aromatic carbocycles. The highest BCUT2D eigenvalue weighted by atomic mass is 16.5. The van der Waals surface area contributed by atoms with Gasteiger partial charge >= 0.3 is 0 Å². The fourth-order valence-corrected chi connectivity index (χ4v) is 8.98. The Hall–Kier alpha value is -5.13. The molecule has 1 spiro atoms. The quantitative estimate of drug-likeness (QED) is 0.195. The Balaban J connectivity index is 1.32. The number of ether oxygens (including phenoxy) is 1. The Bertz CT molecular complexity index is 1970. The predicted molar refractivity (Wildman–Crippen MR) is 196 cm³/mol. The van der Waals surface area contributed by atoms with Gasteiger partial charge in [0.05, 0.1) is 35.6 Å². The van der Waals surface area contributed by atoms with Crippen LogP contribution in [0.15, 0.2) is 110 Å². The molecule has 11 nitrogen and oxygen atoms in total. The SMILES string of the molecule is C=CCN(Cn1nnc2ccccc21)C(=O)C1N([C@@H](CO)Cc2ccccc2)C(=O)[C@@H]2[C@H](C(=O)N(CC=C)Cc3ccccc3)[C@@]3(C)OC12CC3C. The van der Waals surface area contributed by atoms with E-state index in [9.17, 15) is 9.90 Å². The lowest BCUT2D eigenvalue weighted by Gasteiger charge is -2.39. The molecule has 4 heterocycles. The number of amides is 3. The van der Waals surface area contributed by atoms with Crippen LogP contribution in [0, 0.1) is 17.8 Å². The van der Waals surface area contributed by atoms with Gasteiger partial charge in [0.25, 0.3) is 0 Å². The summed E-state index contributed by atoms with van der Waals surface area (Å²) >= 11 is 0. The predicted octanol–water partition coefficient (Wildman–Crippen LogP) is 4.23. The molecule has 0 saturated carbocycles. The van der Waals surface area contributed by atoms with Crippen LogP contribution in [0.1, 0.15) is 31.4 Å². The number of likely N-dealkylation sites (tertiary alicyclic amines) is 1. The number of hydrogen-bond acceptors (Lipinski definition) is 7. The molecule has 3 saturated heterocycles. The first-order valence-electron chi connectivity index (χ1n) is 18.0. The van der Waals surface area contributed by atoms with Crippen LogP contribution in [0.3, 0.4) is 0 Å². The van der Waals surface area contributed by atoms with Crippen LogP contribution < -0.4 is 0 Å². The Morgan fingerprint density at radius 2 is 1.60 bits per heavy atom. The first-order valence-corrected chi connectivity index (χ1v) is 18.0. The van der Waals surface area contributed by atoms with Gasteiger partial charge in [-0.15, -0.1) is 18.3 Å². The van der Waals surface area contributed by atoms with Crippen molar-refractivity contribution in [2.75, 3.05) is 19.7 Å². The van der Waals surface area contributed by atoms with E-state index in [1.807, 2.05) is 98.8 Å². The minimum absolute atomic E-state index is 0.0481. The second-order valence-electron chi connectivity index (χ2n) is 14.5. The van der Waals surface area contributed by atoms with Crippen LogP contribution in [0.25, 0.3) is 11.0 Å². The van der Waals surface area contributed by atoms with Crippen molar-refractivity contribution >= 4 is 28.8 Å². The van der Waals surface area contributed by atoms with Crippen molar-refractivity contribution in [1.82, 2.24) is 29.7 Å². The van der Waals surface area contributed by atoms with Crippen LogP contribution in [0.2, 0.25) is 0 Å². The minimum atomic E-state index is -1.32. The van der Waals surface area contributed by atoms with E-state index in [1.165, 1.54) is 0 Å². The highest BCUT2D eigenvalue weighted by Crippen LogP contribution is 2.66. The molecule has 1 N–H and O–H groups in total. The molecular weight excluding hydrogens is 656 g/mol. The van der Waals surface area contributed by atoms with E-state index in [0.29, 0.717) is 24.9 Å². The van der Waals surface area contributed by atoms with Gasteiger partial charge in [0.1, 0.15) is 23.8 Å². The molecule has 0 radical (unpaired) electrons. The molecule has 3 aliphatic heterocycles. The second-order valence-corrected chi connectivity index (χ2v) is 14.5. The summed E-state index contributed by atoms with van der Waals surface area (Å²) in [4.78, 5) is 50.2. The zero-order valence-electron chi connectivity index (χ0n) is 29.8. The largest absolute Gasteiger partial charge is 0.394 e. The Morgan fingerprint density at radius 1 is 0.962 bits per heavy atom. The molecule has 3 aliphatic rings. The Labute approximate surface area is 304 Å². The monoisotopic (exact) mass is 702 g/mol. The number of carbonyl (C=O) groups excluding carboxylic acids is 3. The van der Waals surface area contributed by atoms with Gasteiger partial charge in [-0.3, -0.25) is 14.4 Å². The maximum absolute atomic E-state index is 15.3. The third-order valence-corrected chi connectivity index (χ3v) is 11.4. The van der Waals surface area contributed by atoms with Gasteiger partial charge in [-0.05, 0) is 48.9 Å². The van der Waals surface area contributed by atoms with Crippen LogP contribution in [0.4, 0.5) is 0 Å². The molecule has 3 fully saturated rings. The second kappa shape index (κ2) is 14.1. The van der Waals surface area contributed by atoms with Gasteiger partial charge in [-0.2, -0.15) is 0 Å². The van der Waals surface area contributed by atoms with Crippen molar-refractivity contribution < 1.29 is 24.2 Å². The standard InChI is InChI=1S/C41H46N6O5/c1-5-21-44(25-30-17-11-8-12-18-30)37(49)34-35-38(50)47(31(26-48)23-29-15-9-7-10-16-29)36(41(35)24-28(3)40(34,4)52-41)39(51)45(22-6-2)27-46-33-20-14-13-19-32(33)42-43-46/h5-20,28,31,34-36,48H,1-2,21-27H2,3-4H3/t28?,31-,34-,35+,36?,40+,41?/m1/s1. The van der Waals surface area contributed by atoms with Crippen LogP contribution >= 0.6 is 0 Å². The number of rotatable bonds is 14. The minimum Gasteiger partial charge on any atom is -0.394 e. The van der Waals surface area contributed by atoms with Gasteiger partial charge in [0, 0.05) is 19.6 Å². The number of aliphatic hydroxyl groups is 1. The summed E-state index contributed by atoms with van der Waals surface area (Å²) in [7, 11) is 0. The summed E-state index contributed by atoms with van der Waals surface area (Å²) < 4.78 is 8.74. The average molecular weight is 703 g/mol. The maximum atomic E-state index is 15.3. The molecule has 270 valence electrons. The molecule has 52 heavy (non-hydrogen) atoms. The summed E-state index contributed by atoms with van der Waals surface area (Å²) in [5, 5.41) is 19.6. The highest BCUT2D eigenvalue weighted by Gasteiger charge is 2.80. The fourth-order valence-electron chi connectivity index (χ4n) is 8.98. The molecule has 7 rings (SSSR count). The first kappa shape index (κ1) is 35.3. The zero-order chi connectivity index (χ0) is 36.6. The molecule has 0 aliphatic carbocycles. The summed E-state index contributed by atoms with van der Waals surface area (Å²) in [6, 6.07) is 24.9. The van der Waals surface area contributed by atoms with Gasteiger partial charge < -0.3 is 24.5 Å². The zero-order valence-corrected chi connectivity index (χ0v) is 29.8. The van der Waals surface area contributed by atoms with Crippen molar-refractivity contribution in [2.24, 2.45) is 17.8 Å². The topological polar surface area (TPSA) is 121 Å². The van der Waals surface area contributed by atoms with Crippen molar-refractivity contribution in [3.05, 3.63) is 121 Å². The van der Waals surface area contributed by atoms with E-state index >= 15 is 9.59 Å². The summed E-state index contributed by atoms with van der Waals surface area (Å²) in [6.07, 6.45) is 4.04. The van der Waals surface area contributed by atoms with Gasteiger partial charge in [-0.25, -0.2) is 4.68 Å². The average Bonchev–Trinajstić information content (AvgIpc) is 3.83. The fraction of sp³-hybridized carbons (Fsp3) is 0.390. The molecule has 7 atom stereocenters. The van der Waals surface area contributed by atoms with E-state index in [0.717, 1.165) is 16.6 Å². The van der Waals surface area contributed by atoms with Gasteiger partial charge in [0.2, 0.25) is 17.7 Å². The number of hydrogen-bond donors (Lipinski definition) is 1. The number of aliphatic hydroxyl groups excluding tert-OH is 1. The number of para-hydroxylation sites is 1. The van der Waals surface area contributed by atoms with E-state index in [2.05, 4.69) is 23.5 Å². The molecular formula is C41H46N6O5. The van der Waals surface area contributed by atoms with Gasteiger partial charge in [0.15, 0.2) is 0 Å². The van der Waals surface area contributed by atoms with Crippen LogP contribution in [-0.4, -0.2) is 95.5 Å². The summed E-state index contributed by atoms with van der Waals surface area (Å²) in [6.45, 7) is 12.2. The third-order valence-electron chi connectivity index (χ3n) is 11.4. The Morgan fingerprint density at radius 3 is 2.27 bits per heavy atom. The maximum Gasteiger partial charge on any atom is 0.250 e. The normalized spacial score (nSPS) is 26.7. The van der Waals surface area contributed by atoms with E-state index in [4.69, 9.17) is 4.74 Å². The van der Waals surface area contributed by atoms with E-state index in [-0.39, 0.29) is 50.0 Å². The number of nitrogens with zero attached hydrogens (tertiary/aromatic N) is 6. The van der Waals surface area contributed by atoms with Crippen molar-refractivity contribution in [2.45, 2.75) is 63.2 Å². The van der Waals surface area contributed by atoms with E-state index in [1.54, 1.807) is 31.5 Å². The molecule has 1 aromatic heterocycles. The van der Waals surface area contributed by atoms with Crippen molar-refractivity contribution in [1.29, 1.82) is 0 Å². The smallest absolute Gasteiger partial charge is 0.250 e. The lowest BCUT2D eigenvalue weighted by Crippen LogP contribution is -2.59. The summed E-state index contributed by atoms with van der Waals surface area (Å²) in [5.41, 5.74) is 0.966. The first-order chi connectivity index (χ1) is 25.2.